The number of carbonyl (C=O) groups excluding carboxylic acids is 1. The Bertz CT molecular complexity index is 934. The molecule has 0 amide bonds. The monoisotopic (exact) mass is 342 g/mol. The summed E-state index contributed by atoms with van der Waals surface area (Å²) in [7, 11) is 3.04. The molecule has 0 aliphatic heterocycles. The fraction of sp³-hybridized carbons (Fsp3) is 0.105. The fourth-order valence-corrected chi connectivity index (χ4v) is 2.88. The maximum atomic E-state index is 13.0. The molecule has 3 rings (SSSR count). The van der Waals surface area contributed by atoms with Crippen LogP contribution < -0.4 is 9.47 Å². The van der Waals surface area contributed by atoms with Crippen LogP contribution in [-0.2, 0) is 0 Å². The van der Waals surface area contributed by atoms with E-state index in [9.17, 15) is 9.90 Å². The average Bonchev–Trinajstić information content (AvgIpc) is 2.61. The van der Waals surface area contributed by atoms with Crippen LogP contribution >= 0.6 is 11.6 Å². The fourth-order valence-electron chi connectivity index (χ4n) is 2.71. The first kappa shape index (κ1) is 16.1. The molecule has 0 heterocycles. The van der Waals surface area contributed by atoms with Crippen molar-refractivity contribution in [3.8, 4) is 17.2 Å². The molecule has 0 fully saturated rings. The van der Waals surface area contributed by atoms with Gasteiger partial charge in [0.1, 0.15) is 17.2 Å². The lowest BCUT2D eigenvalue weighted by molar-refractivity contribution is 0.103. The van der Waals surface area contributed by atoms with Crippen LogP contribution in [0.1, 0.15) is 15.9 Å². The highest BCUT2D eigenvalue weighted by atomic mass is 35.5. The minimum Gasteiger partial charge on any atom is -0.507 e. The summed E-state index contributed by atoms with van der Waals surface area (Å²) in [5, 5.41) is 12.0. The number of ketones is 1. The molecule has 0 unspecified atom stereocenters. The van der Waals surface area contributed by atoms with Crippen molar-refractivity contribution in [2.75, 3.05) is 14.2 Å². The van der Waals surface area contributed by atoms with Gasteiger partial charge in [0.25, 0.3) is 0 Å². The van der Waals surface area contributed by atoms with Crippen LogP contribution in [-0.4, -0.2) is 25.1 Å². The molecule has 0 bridgehead atoms. The second kappa shape index (κ2) is 6.42. The van der Waals surface area contributed by atoms with Crippen molar-refractivity contribution in [3.05, 3.63) is 64.7 Å². The normalized spacial score (nSPS) is 10.6. The number of benzene rings is 3. The Labute approximate surface area is 144 Å². The predicted molar refractivity (Wildman–Crippen MR) is 93.6 cm³/mol. The van der Waals surface area contributed by atoms with Crippen LogP contribution in [0.25, 0.3) is 10.8 Å². The van der Waals surface area contributed by atoms with Crippen LogP contribution in [0.4, 0.5) is 0 Å². The number of phenolic OH excluding ortho intramolecular Hbond substituents is 1. The number of ether oxygens (including phenoxy) is 2. The number of methoxy groups -OCH3 is 2. The van der Waals surface area contributed by atoms with Crippen molar-refractivity contribution in [2.45, 2.75) is 0 Å². The number of hydrogen-bond acceptors (Lipinski definition) is 4. The summed E-state index contributed by atoms with van der Waals surface area (Å²) in [6, 6.07) is 13.4. The van der Waals surface area contributed by atoms with Crippen molar-refractivity contribution in [3.63, 3.8) is 0 Å². The molecule has 3 aromatic carbocycles. The zero-order chi connectivity index (χ0) is 17.3. The predicted octanol–water partition coefficient (Wildman–Crippen LogP) is 4.45. The van der Waals surface area contributed by atoms with E-state index < -0.39 is 5.78 Å². The zero-order valence-corrected chi connectivity index (χ0v) is 13.9. The van der Waals surface area contributed by atoms with Crippen LogP contribution in [0.2, 0.25) is 5.02 Å². The third kappa shape index (κ3) is 2.65. The Balaban J connectivity index is 2.29. The van der Waals surface area contributed by atoms with Gasteiger partial charge >= 0.3 is 0 Å². The maximum Gasteiger partial charge on any atom is 0.200 e. The third-order valence-electron chi connectivity index (χ3n) is 3.83. The summed E-state index contributed by atoms with van der Waals surface area (Å²) in [6.45, 7) is 0. The number of carbonyl (C=O) groups is 1. The van der Waals surface area contributed by atoms with Gasteiger partial charge in [-0.3, -0.25) is 4.79 Å². The van der Waals surface area contributed by atoms with Crippen LogP contribution in [0.15, 0.2) is 48.5 Å². The summed E-state index contributed by atoms with van der Waals surface area (Å²) in [6.07, 6.45) is 0. The summed E-state index contributed by atoms with van der Waals surface area (Å²) >= 11 is 5.96. The number of halogens is 1. The number of aromatic hydroxyl groups is 1. The number of fused-ring (bicyclic) bond motifs is 1. The van der Waals surface area contributed by atoms with E-state index >= 15 is 0 Å². The van der Waals surface area contributed by atoms with E-state index in [1.165, 1.54) is 25.3 Å². The lowest BCUT2D eigenvalue weighted by Gasteiger charge is -2.15. The topological polar surface area (TPSA) is 55.8 Å². The molecular weight excluding hydrogens is 328 g/mol. The molecule has 1 N–H and O–H groups in total. The van der Waals surface area contributed by atoms with E-state index in [0.29, 0.717) is 22.1 Å². The van der Waals surface area contributed by atoms with E-state index in [1.807, 2.05) is 24.3 Å². The van der Waals surface area contributed by atoms with Gasteiger partial charge in [-0.15, -0.1) is 0 Å². The molecular formula is C19H15ClO4. The highest BCUT2D eigenvalue weighted by Gasteiger charge is 2.22. The van der Waals surface area contributed by atoms with Gasteiger partial charge in [-0.25, -0.2) is 0 Å². The van der Waals surface area contributed by atoms with E-state index in [2.05, 4.69) is 0 Å². The lowest BCUT2D eigenvalue weighted by Crippen LogP contribution is -2.06. The Kier molecular flexibility index (Phi) is 4.32. The maximum absolute atomic E-state index is 13.0. The van der Waals surface area contributed by atoms with Crippen molar-refractivity contribution in [1.82, 2.24) is 0 Å². The first-order valence-electron chi connectivity index (χ1n) is 7.23. The van der Waals surface area contributed by atoms with Gasteiger partial charge in [-0.1, -0.05) is 35.9 Å². The van der Waals surface area contributed by atoms with Crippen molar-refractivity contribution in [2.24, 2.45) is 0 Å². The molecule has 5 heteroatoms. The highest BCUT2D eigenvalue weighted by Crippen LogP contribution is 2.38. The first-order valence-corrected chi connectivity index (χ1v) is 7.61. The van der Waals surface area contributed by atoms with Crippen molar-refractivity contribution in [1.29, 1.82) is 0 Å². The van der Waals surface area contributed by atoms with E-state index in [-0.39, 0.29) is 11.3 Å². The molecule has 0 aromatic heterocycles. The van der Waals surface area contributed by atoms with Crippen molar-refractivity contribution >= 4 is 28.2 Å². The third-order valence-corrected chi connectivity index (χ3v) is 4.06. The minimum absolute atomic E-state index is 0.109. The zero-order valence-electron chi connectivity index (χ0n) is 13.2. The first-order chi connectivity index (χ1) is 11.6. The van der Waals surface area contributed by atoms with Crippen LogP contribution in [0, 0.1) is 0 Å². The van der Waals surface area contributed by atoms with Gasteiger partial charge in [0.2, 0.25) is 5.78 Å². The van der Waals surface area contributed by atoms with Crippen LogP contribution in [0.5, 0.6) is 17.2 Å². The largest absolute Gasteiger partial charge is 0.507 e. The summed E-state index contributed by atoms with van der Waals surface area (Å²) in [5.74, 6) is 0.446. The molecule has 0 aliphatic rings. The molecule has 3 aromatic rings. The summed E-state index contributed by atoms with van der Waals surface area (Å²) < 4.78 is 10.9. The van der Waals surface area contributed by atoms with Gasteiger partial charge in [0.15, 0.2) is 0 Å². The molecule has 4 nitrogen and oxygen atoms in total. The Morgan fingerprint density at radius 2 is 1.67 bits per heavy atom. The second-order valence-electron chi connectivity index (χ2n) is 5.20. The molecule has 0 aliphatic carbocycles. The summed E-state index contributed by atoms with van der Waals surface area (Å²) in [5.41, 5.74) is 0.406. The molecule has 122 valence electrons. The number of hydrogen-bond donors (Lipinski definition) is 1. The van der Waals surface area contributed by atoms with Gasteiger partial charge in [0, 0.05) is 15.8 Å². The quantitative estimate of drug-likeness (QED) is 0.712. The SMILES string of the molecule is COc1cc(C(=O)c2cc(Cl)ccc2O)c(OC)c2ccccc12. The molecule has 0 saturated carbocycles. The summed E-state index contributed by atoms with van der Waals surface area (Å²) in [4.78, 5) is 13.0. The number of phenols is 1. The minimum atomic E-state index is -0.393. The van der Waals surface area contributed by atoms with Gasteiger partial charge in [-0.05, 0) is 24.3 Å². The molecule has 0 spiro atoms. The van der Waals surface area contributed by atoms with Crippen molar-refractivity contribution < 1.29 is 19.4 Å². The molecule has 0 radical (unpaired) electrons. The highest BCUT2D eigenvalue weighted by molar-refractivity contribution is 6.31. The smallest absolute Gasteiger partial charge is 0.200 e. The van der Waals surface area contributed by atoms with E-state index in [4.69, 9.17) is 21.1 Å². The van der Waals surface area contributed by atoms with Gasteiger partial charge in [-0.2, -0.15) is 0 Å². The lowest BCUT2D eigenvalue weighted by atomic mass is 9.97. The van der Waals surface area contributed by atoms with Crippen LogP contribution in [0.3, 0.4) is 0 Å². The Morgan fingerprint density at radius 3 is 2.33 bits per heavy atom. The molecule has 0 atom stereocenters. The Morgan fingerprint density at radius 1 is 0.958 bits per heavy atom. The van der Waals surface area contributed by atoms with E-state index in [0.717, 1.165) is 10.8 Å². The van der Waals surface area contributed by atoms with Gasteiger partial charge < -0.3 is 14.6 Å². The average molecular weight is 343 g/mol. The molecule has 0 saturated heterocycles. The molecule has 24 heavy (non-hydrogen) atoms. The van der Waals surface area contributed by atoms with Gasteiger partial charge in [0.05, 0.1) is 25.3 Å². The standard InChI is InChI=1S/C19H15ClO4/c1-23-17-10-15(18(22)14-9-11(20)7-8-16(14)21)19(24-2)13-6-4-3-5-12(13)17/h3-10,21H,1-2H3. The van der Waals surface area contributed by atoms with E-state index in [1.54, 1.807) is 13.2 Å². The number of rotatable bonds is 4. The second-order valence-corrected chi connectivity index (χ2v) is 5.63. The Hall–Kier alpha value is -2.72.